The van der Waals surface area contributed by atoms with Crippen molar-refractivity contribution in [3.63, 3.8) is 0 Å². The number of nitrogens with zero attached hydrogens (tertiary/aromatic N) is 2. The summed E-state index contributed by atoms with van der Waals surface area (Å²) in [6.07, 6.45) is 1.57. The summed E-state index contributed by atoms with van der Waals surface area (Å²) in [4.78, 5) is 4.07. The lowest BCUT2D eigenvalue weighted by Gasteiger charge is -1.95. The van der Waals surface area contributed by atoms with Crippen molar-refractivity contribution in [2.24, 2.45) is 0 Å². The molecule has 0 unspecified atom stereocenters. The van der Waals surface area contributed by atoms with Crippen molar-refractivity contribution < 1.29 is 0 Å². The van der Waals surface area contributed by atoms with E-state index in [2.05, 4.69) is 17.1 Å². The molecule has 2 aromatic rings. The molecule has 0 aliphatic carbocycles. The maximum atomic E-state index is 8.74. The molecule has 2 heteroatoms. The van der Waals surface area contributed by atoms with Crippen LogP contribution >= 0.6 is 0 Å². The van der Waals surface area contributed by atoms with Gasteiger partial charge in [-0.3, -0.25) is 4.98 Å². The molecule has 0 N–H and O–H groups in total. The molecule has 55 valence electrons. The number of aromatic nitrogens is 1. The van der Waals surface area contributed by atoms with E-state index in [9.17, 15) is 0 Å². The first-order valence-corrected chi connectivity index (χ1v) is 3.57. The molecule has 1 heterocycles. The molecule has 0 aliphatic heterocycles. The van der Waals surface area contributed by atoms with E-state index < -0.39 is 0 Å². The zero-order chi connectivity index (χ0) is 8.39. The number of nitriles is 1. The number of para-hydroxylation sites is 1. The number of pyridine rings is 1. The molecule has 0 saturated heterocycles. The lowest BCUT2D eigenvalue weighted by Crippen LogP contribution is -1.81. The van der Waals surface area contributed by atoms with E-state index in [1.807, 2.05) is 18.2 Å². The van der Waals surface area contributed by atoms with E-state index in [0.29, 0.717) is 5.56 Å². The minimum absolute atomic E-state index is 0.612. The van der Waals surface area contributed by atoms with Gasteiger partial charge in [0.15, 0.2) is 0 Å². The molecular formula is C10H5N2. The molecule has 0 bridgehead atoms. The van der Waals surface area contributed by atoms with Crippen molar-refractivity contribution in [2.75, 3.05) is 0 Å². The van der Waals surface area contributed by atoms with Crippen LogP contribution in [0.2, 0.25) is 0 Å². The zero-order valence-corrected chi connectivity index (χ0v) is 6.28. The minimum atomic E-state index is 0.612. The van der Waals surface area contributed by atoms with Gasteiger partial charge in [0, 0.05) is 17.6 Å². The Kier molecular flexibility index (Phi) is 1.49. The van der Waals surface area contributed by atoms with Gasteiger partial charge in [0.1, 0.15) is 6.07 Å². The van der Waals surface area contributed by atoms with Crippen LogP contribution in [-0.2, 0) is 0 Å². The summed E-state index contributed by atoms with van der Waals surface area (Å²) in [5.41, 5.74) is 1.36. The SMILES string of the molecule is N#Cc1cccc2c[c]cnc12. The van der Waals surface area contributed by atoms with Crippen molar-refractivity contribution in [3.8, 4) is 6.07 Å². The molecule has 1 aromatic carbocycles. The van der Waals surface area contributed by atoms with Gasteiger partial charge < -0.3 is 0 Å². The van der Waals surface area contributed by atoms with Crippen LogP contribution in [0.15, 0.2) is 30.5 Å². The fourth-order valence-electron chi connectivity index (χ4n) is 1.14. The molecule has 1 aromatic heterocycles. The standard InChI is InChI=1S/C10H5N2/c11-7-9-4-1-3-8-5-2-6-12-10(8)9/h1,3-6H. The van der Waals surface area contributed by atoms with Gasteiger partial charge in [-0.2, -0.15) is 5.26 Å². The van der Waals surface area contributed by atoms with E-state index in [-0.39, 0.29) is 0 Å². The maximum Gasteiger partial charge on any atom is 0.101 e. The van der Waals surface area contributed by atoms with Gasteiger partial charge in [-0.15, -0.1) is 0 Å². The molecule has 0 saturated carbocycles. The Morgan fingerprint density at radius 2 is 2.33 bits per heavy atom. The highest BCUT2D eigenvalue weighted by Crippen LogP contribution is 2.13. The van der Waals surface area contributed by atoms with E-state index in [4.69, 9.17) is 5.26 Å². The first-order valence-electron chi connectivity index (χ1n) is 3.57. The van der Waals surface area contributed by atoms with Gasteiger partial charge in [-0.1, -0.05) is 12.1 Å². The molecule has 0 amide bonds. The van der Waals surface area contributed by atoms with Crippen LogP contribution < -0.4 is 0 Å². The van der Waals surface area contributed by atoms with Gasteiger partial charge in [-0.05, 0) is 12.1 Å². The monoisotopic (exact) mass is 153 g/mol. The molecular weight excluding hydrogens is 148 g/mol. The highest BCUT2D eigenvalue weighted by atomic mass is 14.6. The Balaban J connectivity index is 2.91. The van der Waals surface area contributed by atoms with E-state index in [1.165, 1.54) is 0 Å². The Bertz CT molecular complexity index is 449. The smallest absolute Gasteiger partial charge is 0.101 e. The summed E-state index contributed by atoms with van der Waals surface area (Å²) in [7, 11) is 0. The zero-order valence-electron chi connectivity index (χ0n) is 6.28. The average molecular weight is 153 g/mol. The first-order chi connectivity index (χ1) is 5.92. The van der Waals surface area contributed by atoms with Crippen molar-refractivity contribution in [2.45, 2.75) is 0 Å². The third-order valence-corrected chi connectivity index (χ3v) is 1.69. The second-order valence-electron chi connectivity index (χ2n) is 2.42. The third-order valence-electron chi connectivity index (χ3n) is 1.69. The molecule has 0 fully saturated rings. The Labute approximate surface area is 70.1 Å². The van der Waals surface area contributed by atoms with Crippen LogP contribution in [0.5, 0.6) is 0 Å². The molecule has 1 radical (unpaired) electrons. The average Bonchev–Trinajstić information content (AvgIpc) is 2.17. The number of hydrogen-bond donors (Lipinski definition) is 0. The lowest BCUT2D eigenvalue weighted by molar-refractivity contribution is 1.38. The predicted octanol–water partition coefficient (Wildman–Crippen LogP) is 1.91. The minimum Gasteiger partial charge on any atom is -0.254 e. The largest absolute Gasteiger partial charge is 0.254 e. The van der Waals surface area contributed by atoms with E-state index in [0.717, 1.165) is 10.9 Å². The van der Waals surface area contributed by atoms with Gasteiger partial charge in [0.2, 0.25) is 0 Å². The topological polar surface area (TPSA) is 36.7 Å². The summed E-state index contributed by atoms with van der Waals surface area (Å²) in [5, 5.41) is 9.69. The Morgan fingerprint density at radius 1 is 1.42 bits per heavy atom. The Hall–Kier alpha value is -1.88. The number of hydrogen-bond acceptors (Lipinski definition) is 2. The summed E-state index contributed by atoms with van der Waals surface area (Å²) in [5.74, 6) is 0. The second kappa shape index (κ2) is 2.63. The first kappa shape index (κ1) is 6.81. The lowest BCUT2D eigenvalue weighted by atomic mass is 10.1. The van der Waals surface area contributed by atoms with E-state index in [1.54, 1.807) is 12.3 Å². The quantitative estimate of drug-likeness (QED) is 0.579. The molecule has 0 spiro atoms. The Morgan fingerprint density at radius 3 is 3.17 bits per heavy atom. The van der Waals surface area contributed by atoms with Crippen LogP contribution in [0.1, 0.15) is 5.56 Å². The van der Waals surface area contributed by atoms with Crippen molar-refractivity contribution >= 4 is 10.9 Å². The highest BCUT2D eigenvalue weighted by molar-refractivity contribution is 5.83. The number of fused-ring (bicyclic) bond motifs is 1. The van der Waals surface area contributed by atoms with Gasteiger partial charge >= 0.3 is 0 Å². The molecule has 2 nitrogen and oxygen atoms in total. The van der Waals surface area contributed by atoms with Crippen LogP contribution in [-0.4, -0.2) is 4.98 Å². The van der Waals surface area contributed by atoms with Crippen LogP contribution in [0.3, 0.4) is 0 Å². The molecule has 0 atom stereocenters. The number of benzene rings is 1. The normalized spacial score (nSPS) is 9.58. The van der Waals surface area contributed by atoms with Gasteiger partial charge in [-0.25, -0.2) is 0 Å². The van der Waals surface area contributed by atoms with Gasteiger partial charge in [0.05, 0.1) is 11.1 Å². The number of rotatable bonds is 0. The van der Waals surface area contributed by atoms with Crippen LogP contribution in [0, 0.1) is 17.4 Å². The van der Waals surface area contributed by atoms with Crippen molar-refractivity contribution in [1.29, 1.82) is 5.26 Å². The highest BCUT2D eigenvalue weighted by Gasteiger charge is 1.98. The summed E-state index contributed by atoms with van der Waals surface area (Å²) in [6, 6.07) is 12.3. The summed E-state index contributed by atoms with van der Waals surface area (Å²) in [6.45, 7) is 0. The second-order valence-corrected chi connectivity index (χ2v) is 2.42. The fraction of sp³-hybridized carbons (Fsp3) is 0. The van der Waals surface area contributed by atoms with Crippen LogP contribution in [0.25, 0.3) is 10.9 Å². The summed E-state index contributed by atoms with van der Waals surface area (Å²) < 4.78 is 0. The van der Waals surface area contributed by atoms with Crippen molar-refractivity contribution in [1.82, 2.24) is 4.98 Å². The van der Waals surface area contributed by atoms with Crippen LogP contribution in [0.4, 0.5) is 0 Å². The molecule has 2 rings (SSSR count). The van der Waals surface area contributed by atoms with Gasteiger partial charge in [0.25, 0.3) is 0 Å². The maximum absolute atomic E-state index is 8.74. The molecule has 0 aliphatic rings. The van der Waals surface area contributed by atoms with E-state index >= 15 is 0 Å². The summed E-state index contributed by atoms with van der Waals surface area (Å²) >= 11 is 0. The molecule has 12 heavy (non-hydrogen) atoms. The third kappa shape index (κ3) is 0.923. The fourth-order valence-corrected chi connectivity index (χ4v) is 1.14. The van der Waals surface area contributed by atoms with Crippen molar-refractivity contribution in [3.05, 3.63) is 42.1 Å². The predicted molar refractivity (Wildman–Crippen MR) is 45.3 cm³/mol.